The highest BCUT2D eigenvalue weighted by molar-refractivity contribution is 7.88. The van der Waals surface area contributed by atoms with Crippen molar-refractivity contribution in [3.05, 3.63) is 21.6 Å². The summed E-state index contributed by atoms with van der Waals surface area (Å²) in [5.74, 6) is -0.491. The van der Waals surface area contributed by atoms with E-state index in [4.69, 9.17) is 0 Å². The van der Waals surface area contributed by atoms with Crippen LogP contribution in [0.25, 0.3) is 0 Å². The minimum absolute atomic E-state index is 0.0625. The first kappa shape index (κ1) is 15.6. The number of rotatable bonds is 4. The molecule has 116 valence electrons. The molecule has 0 fully saturated rings. The number of aryl methyl sites for hydroxylation is 1. The molecule has 0 aromatic carbocycles. The molecule has 0 saturated heterocycles. The molecular weight excluding hydrogens is 296 g/mol. The zero-order valence-corrected chi connectivity index (χ0v) is 12.8. The third-order valence-corrected chi connectivity index (χ3v) is 4.64. The number of fused-ring (bicyclic) bond motifs is 1. The fraction of sp³-hybridized carbons (Fsp3) is 0.583. The molecule has 0 saturated carbocycles. The molecule has 0 spiro atoms. The summed E-state index contributed by atoms with van der Waals surface area (Å²) in [6.07, 6.45) is 4.35. The predicted molar refractivity (Wildman–Crippen MR) is 77.6 cm³/mol. The fourth-order valence-electron chi connectivity index (χ4n) is 2.15. The number of nitrogens with zero attached hydrogens (tertiary/aromatic N) is 2. The molecule has 1 amide bonds. The second-order valence-corrected chi connectivity index (χ2v) is 7.20. The van der Waals surface area contributed by atoms with Crippen molar-refractivity contribution in [3.8, 4) is 0 Å². The Morgan fingerprint density at radius 3 is 2.71 bits per heavy atom. The summed E-state index contributed by atoms with van der Waals surface area (Å²) in [5, 5.41) is 2.42. The van der Waals surface area contributed by atoms with E-state index in [0.29, 0.717) is 24.1 Å². The van der Waals surface area contributed by atoms with Crippen molar-refractivity contribution in [2.45, 2.75) is 25.7 Å². The van der Waals surface area contributed by atoms with Crippen molar-refractivity contribution in [2.75, 3.05) is 25.2 Å². The van der Waals surface area contributed by atoms with E-state index in [1.165, 1.54) is 7.05 Å². The van der Waals surface area contributed by atoms with E-state index in [2.05, 4.69) is 15.3 Å². The molecule has 2 N–H and O–H groups in total. The Labute approximate surface area is 122 Å². The van der Waals surface area contributed by atoms with Crippen LogP contribution in [0.5, 0.6) is 0 Å². The van der Waals surface area contributed by atoms with Crippen LogP contribution in [0, 0.1) is 0 Å². The minimum Gasteiger partial charge on any atom is -0.295 e. The van der Waals surface area contributed by atoms with Crippen LogP contribution in [0.1, 0.15) is 24.1 Å². The summed E-state index contributed by atoms with van der Waals surface area (Å²) < 4.78 is 23.4. The molecule has 1 aromatic rings. The van der Waals surface area contributed by atoms with E-state index >= 15 is 0 Å². The van der Waals surface area contributed by atoms with Crippen molar-refractivity contribution in [2.24, 2.45) is 0 Å². The number of sulfonamides is 1. The first-order valence-electron chi connectivity index (χ1n) is 6.60. The van der Waals surface area contributed by atoms with Crippen molar-refractivity contribution < 1.29 is 13.2 Å². The molecule has 0 aliphatic heterocycles. The minimum atomic E-state index is -3.43. The van der Waals surface area contributed by atoms with Gasteiger partial charge in [-0.25, -0.2) is 13.4 Å². The number of carbonyl (C=O) groups is 1. The van der Waals surface area contributed by atoms with Gasteiger partial charge in [-0.1, -0.05) is 0 Å². The van der Waals surface area contributed by atoms with Gasteiger partial charge < -0.3 is 0 Å². The van der Waals surface area contributed by atoms with Crippen LogP contribution >= 0.6 is 0 Å². The molecule has 0 unspecified atom stereocenters. The van der Waals surface area contributed by atoms with Gasteiger partial charge in [0.15, 0.2) is 0 Å². The van der Waals surface area contributed by atoms with Crippen LogP contribution in [0.4, 0.5) is 5.95 Å². The molecule has 21 heavy (non-hydrogen) atoms. The van der Waals surface area contributed by atoms with Gasteiger partial charge >= 0.3 is 0 Å². The zero-order valence-electron chi connectivity index (χ0n) is 12.0. The lowest BCUT2D eigenvalue weighted by atomic mass is 9.97. The molecular formula is C12H18N4O4S. The van der Waals surface area contributed by atoms with E-state index in [0.717, 1.165) is 23.4 Å². The quantitative estimate of drug-likeness (QED) is 0.776. The SMILES string of the molecule is CN(CC(=O)Nc1nc2c(c(=O)[nH]1)CCCC2)S(C)(=O)=O. The first-order valence-corrected chi connectivity index (χ1v) is 8.45. The average molecular weight is 314 g/mol. The Morgan fingerprint density at radius 2 is 2.05 bits per heavy atom. The lowest BCUT2D eigenvalue weighted by Gasteiger charge is -2.16. The lowest BCUT2D eigenvalue weighted by molar-refractivity contribution is -0.116. The first-order chi connectivity index (χ1) is 9.77. The molecule has 2 rings (SSSR count). The summed E-state index contributed by atoms with van der Waals surface area (Å²) in [4.78, 5) is 30.4. The average Bonchev–Trinajstić information content (AvgIpc) is 2.37. The summed E-state index contributed by atoms with van der Waals surface area (Å²) in [6, 6.07) is 0. The fourth-order valence-corrected chi connectivity index (χ4v) is 2.51. The third-order valence-electron chi connectivity index (χ3n) is 3.38. The van der Waals surface area contributed by atoms with Gasteiger partial charge in [-0.2, -0.15) is 4.31 Å². The van der Waals surface area contributed by atoms with Crippen LogP contribution in [0.2, 0.25) is 0 Å². The third kappa shape index (κ3) is 3.88. The number of hydrogen-bond donors (Lipinski definition) is 2. The molecule has 8 nitrogen and oxygen atoms in total. The smallest absolute Gasteiger partial charge is 0.255 e. The Balaban J connectivity index is 2.12. The van der Waals surface area contributed by atoms with E-state index < -0.39 is 15.9 Å². The molecule has 1 aliphatic rings. The van der Waals surface area contributed by atoms with Gasteiger partial charge in [0, 0.05) is 12.6 Å². The molecule has 0 atom stereocenters. The van der Waals surface area contributed by atoms with Crippen LogP contribution in [0.3, 0.4) is 0 Å². The van der Waals surface area contributed by atoms with E-state index in [9.17, 15) is 18.0 Å². The highest BCUT2D eigenvalue weighted by Crippen LogP contribution is 2.16. The summed E-state index contributed by atoms with van der Waals surface area (Å²) >= 11 is 0. The monoisotopic (exact) mass is 314 g/mol. The van der Waals surface area contributed by atoms with E-state index in [-0.39, 0.29) is 18.1 Å². The van der Waals surface area contributed by atoms with Crippen molar-refractivity contribution >= 4 is 21.9 Å². The Kier molecular flexibility index (Phi) is 4.43. The van der Waals surface area contributed by atoms with Gasteiger partial charge in [-0.05, 0) is 25.7 Å². The van der Waals surface area contributed by atoms with Gasteiger partial charge in [0.05, 0.1) is 18.5 Å². The Hall–Kier alpha value is -1.74. The van der Waals surface area contributed by atoms with Gasteiger partial charge in [-0.3, -0.25) is 19.9 Å². The maximum absolute atomic E-state index is 11.9. The largest absolute Gasteiger partial charge is 0.295 e. The van der Waals surface area contributed by atoms with E-state index in [1.807, 2.05) is 0 Å². The zero-order chi connectivity index (χ0) is 15.6. The molecule has 1 heterocycles. The number of aromatic nitrogens is 2. The predicted octanol–water partition coefficient (Wildman–Crippen LogP) is -0.521. The highest BCUT2D eigenvalue weighted by Gasteiger charge is 2.18. The number of hydrogen-bond acceptors (Lipinski definition) is 5. The summed E-state index contributed by atoms with van der Waals surface area (Å²) in [5.41, 5.74) is 1.13. The van der Waals surface area contributed by atoms with Crippen LogP contribution in [-0.2, 0) is 27.7 Å². The van der Waals surface area contributed by atoms with Gasteiger partial charge in [0.1, 0.15) is 0 Å². The number of nitrogens with one attached hydrogen (secondary N) is 2. The Morgan fingerprint density at radius 1 is 1.38 bits per heavy atom. The van der Waals surface area contributed by atoms with Crippen LogP contribution < -0.4 is 10.9 Å². The number of aromatic amines is 1. The van der Waals surface area contributed by atoms with Crippen molar-refractivity contribution in [1.82, 2.24) is 14.3 Å². The second kappa shape index (κ2) is 5.94. The molecule has 9 heteroatoms. The van der Waals surface area contributed by atoms with Gasteiger partial charge in [0.25, 0.3) is 5.56 Å². The number of anilines is 1. The number of H-pyrrole nitrogens is 1. The lowest BCUT2D eigenvalue weighted by Crippen LogP contribution is -2.35. The van der Waals surface area contributed by atoms with Crippen molar-refractivity contribution in [3.63, 3.8) is 0 Å². The number of amides is 1. The standard InChI is InChI=1S/C12H18N4O4S/c1-16(21(2,19)20)7-10(17)14-12-13-9-6-4-3-5-8(9)11(18)15-12/h3-7H2,1-2H3,(H2,13,14,15,17,18). The maximum Gasteiger partial charge on any atom is 0.255 e. The second-order valence-electron chi connectivity index (χ2n) is 5.11. The van der Waals surface area contributed by atoms with Crippen molar-refractivity contribution in [1.29, 1.82) is 0 Å². The number of likely N-dealkylation sites (N-methyl/N-ethyl adjacent to an activating group) is 1. The van der Waals surface area contributed by atoms with Gasteiger partial charge in [-0.15, -0.1) is 0 Å². The van der Waals surface area contributed by atoms with E-state index in [1.54, 1.807) is 0 Å². The van der Waals surface area contributed by atoms with Crippen LogP contribution in [0.15, 0.2) is 4.79 Å². The highest BCUT2D eigenvalue weighted by atomic mass is 32.2. The topological polar surface area (TPSA) is 112 Å². The molecule has 1 aromatic heterocycles. The molecule has 0 radical (unpaired) electrons. The number of carbonyl (C=O) groups excluding carboxylic acids is 1. The Bertz CT molecular complexity index is 710. The molecule has 1 aliphatic carbocycles. The summed E-state index contributed by atoms with van der Waals surface area (Å²) in [6.45, 7) is -0.334. The molecule has 0 bridgehead atoms. The summed E-state index contributed by atoms with van der Waals surface area (Å²) in [7, 11) is -2.13. The van der Waals surface area contributed by atoms with Gasteiger partial charge in [0.2, 0.25) is 21.9 Å². The maximum atomic E-state index is 11.9. The normalized spacial score (nSPS) is 14.8. The van der Waals surface area contributed by atoms with Crippen LogP contribution in [-0.4, -0.2) is 48.4 Å².